The zero-order valence-corrected chi connectivity index (χ0v) is 15.0. The molecule has 25 heavy (non-hydrogen) atoms. The van der Waals surface area contributed by atoms with Gasteiger partial charge >= 0.3 is 6.03 Å². The van der Waals surface area contributed by atoms with E-state index >= 15 is 0 Å². The number of carbonyl (C=O) groups is 2. The van der Waals surface area contributed by atoms with E-state index in [1.807, 2.05) is 19.1 Å². The fraction of sp³-hybridized carbons (Fsp3) is 0.556. The second-order valence-electron chi connectivity index (χ2n) is 6.48. The maximum Gasteiger partial charge on any atom is 0.325 e. The first-order valence-electron chi connectivity index (χ1n) is 8.65. The fourth-order valence-electron chi connectivity index (χ4n) is 3.46. The zero-order chi connectivity index (χ0) is 18.0. The summed E-state index contributed by atoms with van der Waals surface area (Å²) in [5.41, 5.74) is 2.36. The van der Waals surface area contributed by atoms with Gasteiger partial charge in [0, 0.05) is 13.1 Å². The molecule has 3 amide bonds. The van der Waals surface area contributed by atoms with Crippen LogP contribution < -0.4 is 14.8 Å². The van der Waals surface area contributed by atoms with Crippen molar-refractivity contribution in [2.45, 2.75) is 38.8 Å². The Kier molecular flexibility index (Phi) is 5.13. The van der Waals surface area contributed by atoms with Crippen molar-refractivity contribution in [3.63, 3.8) is 0 Å². The number of hydrogen-bond donors (Lipinski definition) is 1. The number of benzene rings is 1. The first kappa shape index (κ1) is 17.5. The lowest BCUT2D eigenvalue weighted by molar-refractivity contribution is -0.129. The zero-order valence-electron chi connectivity index (χ0n) is 15.0. The summed E-state index contributed by atoms with van der Waals surface area (Å²) in [5, 5.41) is 2.77. The largest absolute Gasteiger partial charge is 0.493 e. The van der Waals surface area contributed by atoms with Crippen LogP contribution in [0.5, 0.6) is 11.5 Å². The van der Waals surface area contributed by atoms with Gasteiger partial charge in [-0.15, -0.1) is 0 Å². The van der Waals surface area contributed by atoms with Gasteiger partial charge in [-0.1, -0.05) is 13.3 Å². The standard InChI is InChI=1S/C18H25N3O4/c1-4-5-14-17(22)21(18(23)19-14)11-20-7-6-12-8-15(24-2)16(25-3)9-13(12)10-20/h8-9,14H,4-7,10-11H2,1-3H3,(H,19,23)/t14-/m0/s1. The van der Waals surface area contributed by atoms with Crippen LogP contribution >= 0.6 is 0 Å². The number of fused-ring (bicyclic) bond motifs is 1. The Labute approximate surface area is 147 Å². The number of nitrogens with one attached hydrogen (secondary N) is 1. The van der Waals surface area contributed by atoms with Crippen LogP contribution in [0.4, 0.5) is 4.79 Å². The number of carbonyl (C=O) groups excluding carboxylic acids is 2. The highest BCUT2D eigenvalue weighted by atomic mass is 16.5. The third kappa shape index (κ3) is 3.42. The van der Waals surface area contributed by atoms with E-state index in [1.54, 1.807) is 14.2 Å². The van der Waals surface area contributed by atoms with E-state index in [9.17, 15) is 9.59 Å². The van der Waals surface area contributed by atoms with Crippen LogP contribution in [0.25, 0.3) is 0 Å². The van der Waals surface area contributed by atoms with E-state index in [-0.39, 0.29) is 18.0 Å². The minimum atomic E-state index is -0.376. The van der Waals surface area contributed by atoms with E-state index < -0.39 is 0 Å². The maximum absolute atomic E-state index is 12.4. The van der Waals surface area contributed by atoms with E-state index in [0.717, 1.165) is 30.7 Å². The molecule has 0 spiro atoms. The van der Waals surface area contributed by atoms with Gasteiger partial charge < -0.3 is 14.8 Å². The predicted octanol–water partition coefficient (Wildman–Crippen LogP) is 1.74. The second-order valence-corrected chi connectivity index (χ2v) is 6.48. The van der Waals surface area contributed by atoms with Gasteiger partial charge in [0.1, 0.15) is 6.04 Å². The molecule has 1 aromatic rings. The minimum Gasteiger partial charge on any atom is -0.493 e. The predicted molar refractivity (Wildman–Crippen MR) is 92.6 cm³/mol. The Balaban J connectivity index is 1.71. The first-order valence-corrected chi connectivity index (χ1v) is 8.65. The molecule has 0 aliphatic carbocycles. The van der Waals surface area contributed by atoms with E-state index in [4.69, 9.17) is 9.47 Å². The fourth-order valence-corrected chi connectivity index (χ4v) is 3.46. The molecule has 1 aromatic carbocycles. The maximum atomic E-state index is 12.4. The van der Waals surface area contributed by atoms with Gasteiger partial charge in [-0.3, -0.25) is 9.69 Å². The van der Waals surface area contributed by atoms with Crippen molar-refractivity contribution in [2.75, 3.05) is 27.4 Å². The molecule has 1 fully saturated rings. The molecule has 2 aliphatic heterocycles. The molecule has 0 radical (unpaired) electrons. The van der Waals surface area contributed by atoms with Crippen molar-refractivity contribution >= 4 is 11.9 Å². The molecule has 1 atom stereocenters. The molecule has 3 rings (SSSR count). The van der Waals surface area contributed by atoms with Gasteiger partial charge in [-0.2, -0.15) is 0 Å². The summed E-state index contributed by atoms with van der Waals surface area (Å²) in [6, 6.07) is 3.32. The highest BCUT2D eigenvalue weighted by Crippen LogP contribution is 2.33. The average molecular weight is 347 g/mol. The van der Waals surface area contributed by atoms with Crippen molar-refractivity contribution < 1.29 is 19.1 Å². The number of nitrogens with zero attached hydrogens (tertiary/aromatic N) is 2. The number of urea groups is 1. The lowest BCUT2D eigenvalue weighted by atomic mass is 9.99. The molecule has 0 aromatic heterocycles. The Hall–Kier alpha value is -2.28. The van der Waals surface area contributed by atoms with E-state index in [2.05, 4.69) is 10.2 Å². The van der Waals surface area contributed by atoms with Crippen molar-refractivity contribution in [3.8, 4) is 11.5 Å². The molecular formula is C18H25N3O4. The SMILES string of the molecule is CCC[C@@H]1NC(=O)N(CN2CCc3cc(OC)c(OC)cc3C2)C1=O. The highest BCUT2D eigenvalue weighted by molar-refractivity contribution is 6.04. The normalized spacial score (nSPS) is 20.4. The number of hydrogen-bond acceptors (Lipinski definition) is 5. The highest BCUT2D eigenvalue weighted by Gasteiger charge is 2.38. The quantitative estimate of drug-likeness (QED) is 0.794. The summed E-state index contributed by atoms with van der Waals surface area (Å²) in [7, 11) is 3.25. The number of rotatable bonds is 6. The molecule has 7 heteroatoms. The Bertz CT molecular complexity index is 677. The molecule has 0 unspecified atom stereocenters. The summed E-state index contributed by atoms with van der Waals surface area (Å²) in [5.74, 6) is 1.30. The smallest absolute Gasteiger partial charge is 0.325 e. The molecule has 2 heterocycles. The van der Waals surface area contributed by atoms with E-state index in [0.29, 0.717) is 25.4 Å². The first-order chi connectivity index (χ1) is 12.1. The third-order valence-electron chi connectivity index (χ3n) is 4.82. The lowest BCUT2D eigenvalue weighted by Gasteiger charge is -2.31. The molecule has 7 nitrogen and oxygen atoms in total. The number of methoxy groups -OCH3 is 2. The molecule has 2 aliphatic rings. The molecule has 0 bridgehead atoms. The van der Waals surface area contributed by atoms with Gasteiger partial charge in [-0.05, 0) is 36.1 Å². The van der Waals surface area contributed by atoms with Crippen molar-refractivity contribution in [3.05, 3.63) is 23.3 Å². The molecule has 1 saturated heterocycles. The van der Waals surface area contributed by atoms with Crippen LogP contribution in [0.2, 0.25) is 0 Å². The van der Waals surface area contributed by atoms with Crippen LogP contribution in [-0.2, 0) is 17.8 Å². The monoisotopic (exact) mass is 347 g/mol. The lowest BCUT2D eigenvalue weighted by Crippen LogP contribution is -2.44. The van der Waals surface area contributed by atoms with Gasteiger partial charge in [0.15, 0.2) is 11.5 Å². The molecule has 1 N–H and O–H groups in total. The number of ether oxygens (including phenoxy) is 2. The second kappa shape index (κ2) is 7.31. The molecular weight excluding hydrogens is 322 g/mol. The van der Waals surface area contributed by atoms with Crippen molar-refractivity contribution in [1.29, 1.82) is 0 Å². The Morgan fingerprint density at radius 3 is 2.48 bits per heavy atom. The number of imide groups is 1. The van der Waals surface area contributed by atoms with Gasteiger partial charge in [0.25, 0.3) is 5.91 Å². The summed E-state index contributed by atoms with van der Waals surface area (Å²) in [4.78, 5) is 27.9. The van der Waals surface area contributed by atoms with Crippen molar-refractivity contribution in [1.82, 2.24) is 15.1 Å². The third-order valence-corrected chi connectivity index (χ3v) is 4.82. The summed E-state index contributed by atoms with van der Waals surface area (Å²) >= 11 is 0. The van der Waals surface area contributed by atoms with Crippen LogP contribution in [0.15, 0.2) is 12.1 Å². The summed E-state index contributed by atoms with van der Waals surface area (Å²) < 4.78 is 10.7. The van der Waals surface area contributed by atoms with Crippen molar-refractivity contribution in [2.24, 2.45) is 0 Å². The molecule has 136 valence electrons. The summed E-state index contributed by atoms with van der Waals surface area (Å²) in [6.07, 6.45) is 2.39. The summed E-state index contributed by atoms with van der Waals surface area (Å²) in [6.45, 7) is 3.78. The average Bonchev–Trinajstić information content (AvgIpc) is 2.88. The Morgan fingerprint density at radius 2 is 1.84 bits per heavy atom. The number of amides is 3. The minimum absolute atomic E-state index is 0.120. The van der Waals surface area contributed by atoms with Crippen LogP contribution in [0, 0.1) is 0 Å². The van der Waals surface area contributed by atoms with Crippen LogP contribution in [0.1, 0.15) is 30.9 Å². The van der Waals surface area contributed by atoms with Gasteiger partial charge in [0.05, 0.1) is 20.9 Å². The van der Waals surface area contributed by atoms with Gasteiger partial charge in [-0.25, -0.2) is 9.69 Å². The molecule has 0 saturated carbocycles. The van der Waals surface area contributed by atoms with Gasteiger partial charge in [0.2, 0.25) is 0 Å². The van der Waals surface area contributed by atoms with Crippen LogP contribution in [0.3, 0.4) is 0 Å². The van der Waals surface area contributed by atoms with E-state index in [1.165, 1.54) is 10.5 Å². The topological polar surface area (TPSA) is 71.1 Å². The van der Waals surface area contributed by atoms with Crippen LogP contribution in [-0.4, -0.2) is 55.2 Å². The Morgan fingerprint density at radius 1 is 1.16 bits per heavy atom.